The Morgan fingerprint density at radius 3 is 1.56 bits per heavy atom. The van der Waals surface area contributed by atoms with Crippen molar-refractivity contribution in [2.24, 2.45) is 0 Å². The monoisotopic (exact) mass is 119 g/mol. The molecule has 1 nitrogen and oxygen atoms in total. The Kier molecular flexibility index (Phi) is 5.68. The molecule has 0 saturated carbocycles. The number of pyridine rings is 1. The maximum atomic E-state index is 3.78. The van der Waals surface area contributed by atoms with E-state index in [1.54, 1.807) is 12.4 Å². The molecule has 0 bridgehead atoms. The smallest absolute Gasteiger partial charge is 0.0267 e. The largest absolute Gasteiger partial charge is 0.265 e. The molecule has 0 aromatic carbocycles. The molecule has 9 heavy (non-hydrogen) atoms. The van der Waals surface area contributed by atoms with E-state index in [1.165, 1.54) is 0 Å². The molecule has 0 atom stereocenters. The van der Waals surface area contributed by atoms with Crippen molar-refractivity contribution >= 4 is 0 Å². The highest BCUT2D eigenvalue weighted by Crippen LogP contribution is 1.73. The van der Waals surface area contributed by atoms with Crippen LogP contribution in [-0.4, -0.2) is 4.98 Å². The Morgan fingerprint density at radius 2 is 1.44 bits per heavy atom. The summed E-state index contributed by atoms with van der Waals surface area (Å²) in [6.45, 7) is 6.25. The van der Waals surface area contributed by atoms with Gasteiger partial charge in [0.2, 0.25) is 0 Å². The molecule has 1 heteroatoms. The SMILES string of the molecule is C=C=C.c1ccncc1. The first-order valence-corrected chi connectivity index (χ1v) is 2.56. The van der Waals surface area contributed by atoms with Crippen LogP contribution in [-0.2, 0) is 0 Å². The van der Waals surface area contributed by atoms with Crippen molar-refractivity contribution in [2.75, 3.05) is 0 Å². The van der Waals surface area contributed by atoms with Gasteiger partial charge in [-0.15, -0.1) is 5.73 Å². The topological polar surface area (TPSA) is 12.9 Å². The van der Waals surface area contributed by atoms with Crippen LogP contribution in [0.4, 0.5) is 0 Å². The van der Waals surface area contributed by atoms with E-state index in [4.69, 9.17) is 0 Å². The van der Waals surface area contributed by atoms with Gasteiger partial charge in [0.25, 0.3) is 0 Å². The molecule has 0 aliphatic heterocycles. The summed E-state index contributed by atoms with van der Waals surface area (Å²) in [5, 5.41) is 0. The van der Waals surface area contributed by atoms with Gasteiger partial charge >= 0.3 is 0 Å². The zero-order valence-electron chi connectivity index (χ0n) is 5.25. The van der Waals surface area contributed by atoms with Crippen LogP contribution in [0.5, 0.6) is 0 Å². The molecule has 0 unspecified atom stereocenters. The summed E-state index contributed by atoms with van der Waals surface area (Å²) >= 11 is 0. The lowest BCUT2D eigenvalue weighted by Crippen LogP contribution is -1.58. The molecule has 1 heterocycles. The van der Waals surface area contributed by atoms with Crippen LogP contribution in [0.3, 0.4) is 0 Å². The highest BCUT2D eigenvalue weighted by Gasteiger charge is 1.58. The fourth-order valence-corrected chi connectivity index (χ4v) is 0.313. The van der Waals surface area contributed by atoms with Crippen molar-refractivity contribution in [1.82, 2.24) is 4.98 Å². The normalized spacial score (nSPS) is 6.22. The second kappa shape index (κ2) is 6.67. The summed E-state index contributed by atoms with van der Waals surface area (Å²) in [6.07, 6.45) is 3.50. The van der Waals surface area contributed by atoms with E-state index in [-0.39, 0.29) is 0 Å². The van der Waals surface area contributed by atoms with Crippen LogP contribution in [0.2, 0.25) is 0 Å². The molecule has 46 valence electrons. The Balaban J connectivity index is 0.000000187. The Hall–Kier alpha value is -1.33. The van der Waals surface area contributed by atoms with Crippen LogP contribution < -0.4 is 0 Å². The van der Waals surface area contributed by atoms with Gasteiger partial charge in [-0.05, 0) is 12.1 Å². The van der Waals surface area contributed by atoms with Crippen LogP contribution in [0, 0.1) is 0 Å². The molecule has 0 aliphatic carbocycles. The average Bonchev–Trinajstić information content (AvgIpc) is 1.93. The second-order valence-corrected chi connectivity index (χ2v) is 1.27. The Bertz CT molecular complexity index is 134. The van der Waals surface area contributed by atoms with E-state index < -0.39 is 0 Å². The van der Waals surface area contributed by atoms with Crippen LogP contribution in [0.25, 0.3) is 0 Å². The molecule has 0 amide bonds. The van der Waals surface area contributed by atoms with Crippen molar-refractivity contribution in [1.29, 1.82) is 0 Å². The van der Waals surface area contributed by atoms with E-state index in [2.05, 4.69) is 23.9 Å². The predicted molar refractivity (Wildman–Crippen MR) is 39.0 cm³/mol. The zero-order chi connectivity index (χ0) is 6.95. The van der Waals surface area contributed by atoms with Gasteiger partial charge in [0.05, 0.1) is 0 Å². The van der Waals surface area contributed by atoms with Gasteiger partial charge in [0.1, 0.15) is 0 Å². The molecule has 1 aromatic rings. The first-order valence-electron chi connectivity index (χ1n) is 2.56. The summed E-state index contributed by atoms with van der Waals surface area (Å²) in [5.74, 6) is 0. The lowest BCUT2D eigenvalue weighted by molar-refractivity contribution is 1.33. The maximum absolute atomic E-state index is 3.78. The van der Waals surface area contributed by atoms with Gasteiger partial charge in [-0.2, -0.15) is 0 Å². The highest BCUT2D eigenvalue weighted by atomic mass is 14.6. The van der Waals surface area contributed by atoms with Gasteiger partial charge in [0.15, 0.2) is 0 Å². The molecule has 0 saturated heterocycles. The van der Waals surface area contributed by atoms with E-state index in [0.717, 1.165) is 0 Å². The van der Waals surface area contributed by atoms with Crippen LogP contribution in [0.15, 0.2) is 49.5 Å². The van der Waals surface area contributed by atoms with Gasteiger partial charge in [-0.25, -0.2) is 0 Å². The average molecular weight is 119 g/mol. The van der Waals surface area contributed by atoms with E-state index >= 15 is 0 Å². The Labute approximate surface area is 55.4 Å². The maximum Gasteiger partial charge on any atom is 0.0267 e. The number of rotatable bonds is 0. The van der Waals surface area contributed by atoms with Gasteiger partial charge < -0.3 is 0 Å². The second-order valence-electron chi connectivity index (χ2n) is 1.27. The van der Waals surface area contributed by atoms with Crippen molar-refractivity contribution in [3.8, 4) is 0 Å². The number of aromatic nitrogens is 1. The number of hydrogen-bond acceptors (Lipinski definition) is 1. The first-order chi connectivity index (χ1) is 4.41. The molecular formula is C8H9N. The van der Waals surface area contributed by atoms with Crippen LogP contribution in [0.1, 0.15) is 0 Å². The quantitative estimate of drug-likeness (QED) is 0.476. The summed E-state index contributed by atoms with van der Waals surface area (Å²) in [7, 11) is 0. The fraction of sp³-hybridized carbons (Fsp3) is 0. The molecule has 0 aliphatic rings. The van der Waals surface area contributed by atoms with Crippen LogP contribution >= 0.6 is 0 Å². The Morgan fingerprint density at radius 1 is 1.00 bits per heavy atom. The standard InChI is InChI=1S/C5H5N.C3H4/c1-2-4-6-5-3-1;1-3-2/h1-5H;1-2H2. The molecule has 0 spiro atoms. The zero-order valence-corrected chi connectivity index (χ0v) is 5.25. The minimum absolute atomic E-state index is 1.75. The molecule has 0 fully saturated rings. The summed E-state index contributed by atoms with van der Waals surface area (Å²) in [4.78, 5) is 3.78. The molecule has 0 N–H and O–H groups in total. The third-order valence-corrected chi connectivity index (χ3v) is 0.566. The highest BCUT2D eigenvalue weighted by molar-refractivity contribution is 4.88. The minimum atomic E-state index is 1.75. The summed E-state index contributed by atoms with van der Waals surface area (Å²) < 4.78 is 0. The lowest BCUT2D eigenvalue weighted by Gasteiger charge is -1.70. The van der Waals surface area contributed by atoms with Crippen molar-refractivity contribution in [3.63, 3.8) is 0 Å². The van der Waals surface area contributed by atoms with Gasteiger partial charge in [-0.3, -0.25) is 4.98 Å². The number of hydrogen-bond donors (Lipinski definition) is 0. The first kappa shape index (κ1) is 7.67. The predicted octanol–water partition coefficient (Wildman–Crippen LogP) is 2.04. The third-order valence-electron chi connectivity index (χ3n) is 0.566. The third kappa shape index (κ3) is 6.67. The van der Waals surface area contributed by atoms with Crippen molar-refractivity contribution in [3.05, 3.63) is 49.5 Å². The van der Waals surface area contributed by atoms with E-state index in [0.29, 0.717) is 0 Å². The molecule has 0 radical (unpaired) electrons. The van der Waals surface area contributed by atoms with E-state index in [9.17, 15) is 0 Å². The van der Waals surface area contributed by atoms with Gasteiger partial charge in [-0.1, -0.05) is 19.2 Å². The van der Waals surface area contributed by atoms with Gasteiger partial charge in [0, 0.05) is 12.4 Å². The van der Waals surface area contributed by atoms with Crippen molar-refractivity contribution < 1.29 is 0 Å². The summed E-state index contributed by atoms with van der Waals surface area (Å²) in [5.41, 5.74) is 2.25. The van der Waals surface area contributed by atoms with Crippen molar-refractivity contribution in [2.45, 2.75) is 0 Å². The number of nitrogens with zero attached hydrogens (tertiary/aromatic N) is 1. The molecule has 1 rings (SSSR count). The lowest BCUT2D eigenvalue weighted by atomic mass is 10.5. The summed E-state index contributed by atoms with van der Waals surface area (Å²) in [6, 6.07) is 5.72. The van der Waals surface area contributed by atoms with E-state index in [1.807, 2.05) is 18.2 Å². The minimum Gasteiger partial charge on any atom is -0.265 e. The molecular weight excluding hydrogens is 110 g/mol. The molecule has 1 aromatic heterocycles. The fourth-order valence-electron chi connectivity index (χ4n) is 0.313.